The standard InChI is InChI=1S/C9H14O2/c1-9(2,11)7-5-3-4-6-8(7)10/h3,5,7,11H,4,6H2,1-2H3. The first-order chi connectivity index (χ1) is 5.02. The van der Waals surface area contributed by atoms with Crippen molar-refractivity contribution in [2.24, 2.45) is 5.92 Å². The minimum Gasteiger partial charge on any atom is -0.389 e. The summed E-state index contributed by atoms with van der Waals surface area (Å²) in [5.74, 6) is -0.142. The maximum Gasteiger partial charge on any atom is 0.142 e. The van der Waals surface area contributed by atoms with Crippen molar-refractivity contribution in [3.8, 4) is 0 Å². The summed E-state index contributed by atoms with van der Waals surface area (Å²) in [5.41, 5.74) is -0.895. The summed E-state index contributed by atoms with van der Waals surface area (Å²) in [4.78, 5) is 11.2. The molecule has 2 nitrogen and oxygen atoms in total. The maximum atomic E-state index is 11.2. The summed E-state index contributed by atoms with van der Waals surface area (Å²) < 4.78 is 0. The van der Waals surface area contributed by atoms with Gasteiger partial charge >= 0.3 is 0 Å². The molecule has 0 aromatic heterocycles. The Morgan fingerprint density at radius 1 is 1.64 bits per heavy atom. The van der Waals surface area contributed by atoms with Crippen molar-refractivity contribution in [2.45, 2.75) is 32.3 Å². The molecule has 0 radical (unpaired) electrons. The first kappa shape index (κ1) is 8.47. The highest BCUT2D eigenvalue weighted by Gasteiger charge is 2.31. The van der Waals surface area contributed by atoms with Crippen molar-refractivity contribution in [1.29, 1.82) is 0 Å². The first-order valence-corrected chi connectivity index (χ1v) is 3.93. The molecule has 0 bridgehead atoms. The van der Waals surface area contributed by atoms with Crippen molar-refractivity contribution < 1.29 is 9.90 Å². The molecule has 0 amide bonds. The molecule has 62 valence electrons. The van der Waals surface area contributed by atoms with Crippen LogP contribution in [0.15, 0.2) is 12.2 Å². The van der Waals surface area contributed by atoms with Crippen LogP contribution in [0.25, 0.3) is 0 Å². The van der Waals surface area contributed by atoms with Crippen molar-refractivity contribution in [2.75, 3.05) is 0 Å². The van der Waals surface area contributed by atoms with Crippen LogP contribution in [0.4, 0.5) is 0 Å². The molecule has 0 fully saturated rings. The van der Waals surface area contributed by atoms with Gasteiger partial charge in [-0.05, 0) is 20.3 Å². The molecule has 11 heavy (non-hydrogen) atoms. The Bertz CT molecular complexity index is 186. The number of hydrogen-bond donors (Lipinski definition) is 1. The van der Waals surface area contributed by atoms with Crippen molar-refractivity contribution >= 4 is 5.78 Å². The third-order valence-corrected chi connectivity index (χ3v) is 1.99. The van der Waals surface area contributed by atoms with Crippen molar-refractivity contribution in [3.05, 3.63) is 12.2 Å². The largest absolute Gasteiger partial charge is 0.389 e. The zero-order chi connectivity index (χ0) is 8.48. The van der Waals surface area contributed by atoms with Crippen LogP contribution in [0.2, 0.25) is 0 Å². The molecule has 0 aromatic rings. The monoisotopic (exact) mass is 154 g/mol. The van der Waals surface area contributed by atoms with Crippen LogP contribution in [0.5, 0.6) is 0 Å². The van der Waals surface area contributed by atoms with Crippen molar-refractivity contribution in [1.82, 2.24) is 0 Å². The Morgan fingerprint density at radius 2 is 2.27 bits per heavy atom. The number of rotatable bonds is 1. The molecule has 0 heterocycles. The lowest BCUT2D eigenvalue weighted by molar-refractivity contribution is -0.127. The average Bonchev–Trinajstić information content (AvgIpc) is 1.86. The Kier molecular flexibility index (Phi) is 2.14. The van der Waals surface area contributed by atoms with Crippen LogP contribution in [0, 0.1) is 5.92 Å². The normalized spacial score (nSPS) is 25.7. The average molecular weight is 154 g/mol. The van der Waals surface area contributed by atoms with Gasteiger partial charge in [0.2, 0.25) is 0 Å². The van der Waals surface area contributed by atoms with Gasteiger partial charge in [0.1, 0.15) is 5.78 Å². The van der Waals surface area contributed by atoms with Gasteiger partial charge in [-0.2, -0.15) is 0 Å². The van der Waals surface area contributed by atoms with Gasteiger partial charge in [-0.3, -0.25) is 4.79 Å². The van der Waals surface area contributed by atoms with Gasteiger partial charge in [-0.1, -0.05) is 12.2 Å². The molecule has 1 aliphatic rings. The second kappa shape index (κ2) is 2.78. The Balaban J connectivity index is 2.77. The van der Waals surface area contributed by atoms with E-state index in [2.05, 4.69) is 0 Å². The molecule has 0 aromatic carbocycles. The van der Waals surface area contributed by atoms with Crippen LogP contribution in [0.3, 0.4) is 0 Å². The third-order valence-electron chi connectivity index (χ3n) is 1.99. The lowest BCUT2D eigenvalue weighted by Gasteiger charge is -2.27. The van der Waals surface area contributed by atoms with E-state index in [0.717, 1.165) is 6.42 Å². The van der Waals surface area contributed by atoms with E-state index >= 15 is 0 Å². The molecule has 0 spiro atoms. The number of hydrogen-bond acceptors (Lipinski definition) is 2. The summed E-state index contributed by atoms with van der Waals surface area (Å²) in [6.07, 6.45) is 5.17. The van der Waals surface area contributed by atoms with Gasteiger partial charge < -0.3 is 5.11 Å². The molecule has 0 saturated carbocycles. The minimum absolute atomic E-state index is 0.153. The summed E-state index contributed by atoms with van der Waals surface area (Å²) in [6.45, 7) is 3.34. The van der Waals surface area contributed by atoms with E-state index < -0.39 is 5.60 Å². The molecule has 1 N–H and O–H groups in total. The van der Waals surface area contributed by atoms with E-state index in [4.69, 9.17) is 0 Å². The Hall–Kier alpha value is -0.630. The molecular weight excluding hydrogens is 140 g/mol. The summed E-state index contributed by atoms with van der Waals surface area (Å²) >= 11 is 0. The lowest BCUT2D eigenvalue weighted by Crippen LogP contribution is -2.36. The predicted molar refractivity (Wildman–Crippen MR) is 43.2 cm³/mol. The summed E-state index contributed by atoms with van der Waals surface area (Å²) in [6, 6.07) is 0. The number of carbonyl (C=O) groups is 1. The van der Waals surface area contributed by atoms with Crippen molar-refractivity contribution in [3.63, 3.8) is 0 Å². The molecule has 0 saturated heterocycles. The van der Waals surface area contributed by atoms with E-state index in [1.54, 1.807) is 13.8 Å². The number of carbonyl (C=O) groups excluding carboxylic acids is 1. The second-order valence-electron chi connectivity index (χ2n) is 3.56. The molecular formula is C9H14O2. The predicted octanol–water partition coefficient (Wildman–Crippen LogP) is 1.29. The van der Waals surface area contributed by atoms with Crippen LogP contribution in [-0.2, 0) is 4.79 Å². The first-order valence-electron chi connectivity index (χ1n) is 3.93. The minimum atomic E-state index is -0.895. The number of Topliss-reactive ketones (excluding diaryl/α,β-unsaturated/α-hetero) is 1. The number of ketones is 1. The zero-order valence-corrected chi connectivity index (χ0v) is 7.00. The van der Waals surface area contributed by atoms with Crippen LogP contribution < -0.4 is 0 Å². The lowest BCUT2D eigenvalue weighted by atomic mass is 9.82. The SMILES string of the molecule is CC(C)(O)C1C=CCCC1=O. The maximum absolute atomic E-state index is 11.2. The highest BCUT2D eigenvalue weighted by molar-refractivity contribution is 5.84. The van der Waals surface area contributed by atoms with Gasteiger partial charge in [-0.15, -0.1) is 0 Å². The second-order valence-corrected chi connectivity index (χ2v) is 3.56. The topological polar surface area (TPSA) is 37.3 Å². The highest BCUT2D eigenvalue weighted by Crippen LogP contribution is 2.24. The fraction of sp³-hybridized carbons (Fsp3) is 0.667. The number of aliphatic hydroxyl groups is 1. The Morgan fingerprint density at radius 3 is 2.64 bits per heavy atom. The van der Waals surface area contributed by atoms with Crippen LogP contribution in [-0.4, -0.2) is 16.5 Å². The van der Waals surface area contributed by atoms with Crippen LogP contribution >= 0.6 is 0 Å². The quantitative estimate of drug-likeness (QED) is 0.578. The summed E-state index contributed by atoms with van der Waals surface area (Å²) in [7, 11) is 0. The fourth-order valence-electron chi connectivity index (χ4n) is 1.35. The molecule has 0 aliphatic heterocycles. The van der Waals surface area contributed by atoms with E-state index in [0.29, 0.717) is 6.42 Å². The van der Waals surface area contributed by atoms with Gasteiger partial charge in [0.25, 0.3) is 0 Å². The fourth-order valence-corrected chi connectivity index (χ4v) is 1.35. The smallest absolute Gasteiger partial charge is 0.142 e. The van der Waals surface area contributed by atoms with E-state index in [1.807, 2.05) is 12.2 Å². The molecule has 2 heteroatoms. The molecule has 1 unspecified atom stereocenters. The van der Waals surface area contributed by atoms with E-state index in [-0.39, 0.29) is 11.7 Å². The van der Waals surface area contributed by atoms with Gasteiger partial charge in [0.15, 0.2) is 0 Å². The summed E-state index contributed by atoms with van der Waals surface area (Å²) in [5, 5.41) is 9.54. The van der Waals surface area contributed by atoms with Gasteiger partial charge in [0, 0.05) is 6.42 Å². The van der Waals surface area contributed by atoms with Crippen LogP contribution in [0.1, 0.15) is 26.7 Å². The van der Waals surface area contributed by atoms with Gasteiger partial charge in [-0.25, -0.2) is 0 Å². The van der Waals surface area contributed by atoms with E-state index in [9.17, 15) is 9.90 Å². The molecule has 1 rings (SSSR count). The van der Waals surface area contributed by atoms with Gasteiger partial charge in [0.05, 0.1) is 11.5 Å². The Labute approximate surface area is 66.9 Å². The molecule has 1 atom stereocenters. The zero-order valence-electron chi connectivity index (χ0n) is 7.00. The van der Waals surface area contributed by atoms with E-state index in [1.165, 1.54) is 0 Å². The number of allylic oxidation sites excluding steroid dienone is 1. The molecule has 1 aliphatic carbocycles. The highest BCUT2D eigenvalue weighted by atomic mass is 16.3. The third kappa shape index (κ3) is 1.90.